The molecule has 1 aromatic carbocycles. The van der Waals surface area contributed by atoms with Gasteiger partial charge in [0.2, 0.25) is 0 Å². The average Bonchev–Trinajstić information content (AvgIpc) is 2.31. The molecule has 0 radical (unpaired) electrons. The summed E-state index contributed by atoms with van der Waals surface area (Å²) >= 11 is 0. The SMILES string of the molecule is CCCCC(CO)NCc1ccccc1O. The van der Waals surface area contributed by atoms with E-state index >= 15 is 0 Å². The van der Waals surface area contributed by atoms with E-state index in [4.69, 9.17) is 0 Å². The van der Waals surface area contributed by atoms with Crippen molar-refractivity contribution in [3.05, 3.63) is 29.8 Å². The van der Waals surface area contributed by atoms with E-state index in [-0.39, 0.29) is 12.6 Å². The summed E-state index contributed by atoms with van der Waals surface area (Å²) in [4.78, 5) is 0. The number of hydrogen-bond donors (Lipinski definition) is 3. The first-order valence-electron chi connectivity index (χ1n) is 5.89. The van der Waals surface area contributed by atoms with Crippen LogP contribution in [0.15, 0.2) is 24.3 Å². The molecule has 0 aliphatic carbocycles. The number of benzene rings is 1. The monoisotopic (exact) mass is 223 g/mol. The first kappa shape index (κ1) is 13.0. The van der Waals surface area contributed by atoms with Crippen LogP contribution >= 0.6 is 0 Å². The van der Waals surface area contributed by atoms with Gasteiger partial charge in [0.1, 0.15) is 5.75 Å². The van der Waals surface area contributed by atoms with Crippen LogP contribution in [0.25, 0.3) is 0 Å². The number of hydrogen-bond acceptors (Lipinski definition) is 3. The number of phenols is 1. The van der Waals surface area contributed by atoms with Gasteiger partial charge in [0.25, 0.3) is 0 Å². The van der Waals surface area contributed by atoms with E-state index in [1.807, 2.05) is 12.1 Å². The van der Waals surface area contributed by atoms with E-state index in [1.54, 1.807) is 12.1 Å². The summed E-state index contributed by atoms with van der Waals surface area (Å²) < 4.78 is 0. The molecule has 0 fully saturated rings. The molecule has 0 spiro atoms. The first-order chi connectivity index (χ1) is 7.77. The van der Waals surface area contributed by atoms with Crippen molar-refractivity contribution >= 4 is 0 Å². The van der Waals surface area contributed by atoms with Gasteiger partial charge in [-0.3, -0.25) is 0 Å². The lowest BCUT2D eigenvalue weighted by Crippen LogP contribution is -2.31. The molecule has 3 nitrogen and oxygen atoms in total. The van der Waals surface area contributed by atoms with Gasteiger partial charge in [-0.25, -0.2) is 0 Å². The molecule has 3 heteroatoms. The maximum Gasteiger partial charge on any atom is 0.120 e. The number of aliphatic hydroxyl groups excluding tert-OH is 1. The average molecular weight is 223 g/mol. The van der Waals surface area contributed by atoms with Crippen LogP contribution < -0.4 is 5.32 Å². The molecule has 3 N–H and O–H groups in total. The molecule has 0 saturated carbocycles. The van der Waals surface area contributed by atoms with Gasteiger partial charge in [0.15, 0.2) is 0 Å². The quantitative estimate of drug-likeness (QED) is 0.663. The molecule has 1 atom stereocenters. The van der Waals surface area contributed by atoms with E-state index in [0.717, 1.165) is 24.8 Å². The van der Waals surface area contributed by atoms with Crippen LogP contribution in [-0.2, 0) is 6.54 Å². The molecular weight excluding hydrogens is 202 g/mol. The van der Waals surface area contributed by atoms with E-state index in [1.165, 1.54) is 0 Å². The summed E-state index contributed by atoms with van der Waals surface area (Å²) in [5.41, 5.74) is 0.873. The molecule has 0 bridgehead atoms. The summed E-state index contributed by atoms with van der Waals surface area (Å²) in [6, 6.07) is 7.39. The molecule has 1 rings (SSSR count). The number of nitrogens with one attached hydrogen (secondary N) is 1. The van der Waals surface area contributed by atoms with E-state index in [2.05, 4.69) is 12.2 Å². The highest BCUT2D eigenvalue weighted by Crippen LogP contribution is 2.15. The van der Waals surface area contributed by atoms with Crippen molar-refractivity contribution < 1.29 is 10.2 Å². The van der Waals surface area contributed by atoms with Gasteiger partial charge in [-0.2, -0.15) is 0 Å². The van der Waals surface area contributed by atoms with Crippen LogP contribution in [0.5, 0.6) is 5.75 Å². The van der Waals surface area contributed by atoms with Crippen LogP contribution in [-0.4, -0.2) is 22.9 Å². The fourth-order valence-corrected chi connectivity index (χ4v) is 1.62. The van der Waals surface area contributed by atoms with Gasteiger partial charge in [0, 0.05) is 18.2 Å². The minimum absolute atomic E-state index is 0.125. The van der Waals surface area contributed by atoms with Gasteiger partial charge in [0.05, 0.1) is 6.61 Å². The van der Waals surface area contributed by atoms with Crippen molar-refractivity contribution in [1.82, 2.24) is 5.32 Å². The summed E-state index contributed by atoms with van der Waals surface area (Å²) in [5.74, 6) is 0.308. The number of para-hydroxylation sites is 1. The number of unbranched alkanes of at least 4 members (excludes halogenated alkanes) is 1. The predicted octanol–water partition coefficient (Wildman–Crippen LogP) is 2.03. The van der Waals surface area contributed by atoms with Gasteiger partial charge >= 0.3 is 0 Å². The second-order valence-electron chi connectivity index (χ2n) is 4.03. The maximum absolute atomic E-state index is 9.57. The van der Waals surface area contributed by atoms with Crippen molar-refractivity contribution in [3.8, 4) is 5.75 Å². The Kier molecular flexibility index (Phi) is 5.90. The molecule has 1 aromatic rings. The Hall–Kier alpha value is -1.06. The van der Waals surface area contributed by atoms with Crippen LogP contribution in [0.2, 0.25) is 0 Å². The minimum atomic E-state index is 0.125. The molecule has 16 heavy (non-hydrogen) atoms. The number of phenolic OH excluding ortho intramolecular Hbond substituents is 1. The zero-order valence-electron chi connectivity index (χ0n) is 9.82. The maximum atomic E-state index is 9.57. The summed E-state index contributed by atoms with van der Waals surface area (Å²) in [6.07, 6.45) is 3.22. The third-order valence-corrected chi connectivity index (χ3v) is 2.70. The van der Waals surface area contributed by atoms with E-state index in [0.29, 0.717) is 12.3 Å². The fraction of sp³-hybridized carbons (Fsp3) is 0.538. The van der Waals surface area contributed by atoms with Gasteiger partial charge < -0.3 is 15.5 Å². The Morgan fingerprint density at radius 1 is 1.31 bits per heavy atom. The van der Waals surface area contributed by atoms with Crippen molar-refractivity contribution in [1.29, 1.82) is 0 Å². The topological polar surface area (TPSA) is 52.5 Å². The number of rotatable bonds is 7. The smallest absolute Gasteiger partial charge is 0.120 e. The Balaban J connectivity index is 2.40. The molecule has 0 heterocycles. The van der Waals surface area contributed by atoms with Crippen molar-refractivity contribution in [3.63, 3.8) is 0 Å². The van der Waals surface area contributed by atoms with Gasteiger partial charge in [-0.05, 0) is 12.5 Å². The third kappa shape index (κ3) is 4.21. The predicted molar refractivity (Wildman–Crippen MR) is 65.3 cm³/mol. The molecular formula is C13H21NO2. The second-order valence-corrected chi connectivity index (χ2v) is 4.03. The lowest BCUT2D eigenvalue weighted by atomic mass is 10.1. The standard InChI is InChI=1S/C13H21NO2/c1-2-3-7-12(10-15)14-9-11-6-4-5-8-13(11)16/h4-6,8,12,14-16H,2-3,7,9-10H2,1H3. The summed E-state index contributed by atoms with van der Waals surface area (Å²) in [6.45, 7) is 2.88. The van der Waals surface area contributed by atoms with Crippen LogP contribution in [0.1, 0.15) is 31.7 Å². The van der Waals surface area contributed by atoms with Crippen LogP contribution in [0, 0.1) is 0 Å². The Morgan fingerprint density at radius 2 is 2.06 bits per heavy atom. The summed E-state index contributed by atoms with van der Waals surface area (Å²) in [5, 5.41) is 22.0. The highest BCUT2D eigenvalue weighted by molar-refractivity contribution is 5.31. The molecule has 0 amide bonds. The number of aromatic hydroxyl groups is 1. The normalized spacial score (nSPS) is 12.6. The first-order valence-corrected chi connectivity index (χ1v) is 5.89. The van der Waals surface area contributed by atoms with Crippen LogP contribution in [0.4, 0.5) is 0 Å². The highest BCUT2D eigenvalue weighted by atomic mass is 16.3. The lowest BCUT2D eigenvalue weighted by Gasteiger charge is -2.16. The third-order valence-electron chi connectivity index (χ3n) is 2.70. The molecule has 1 unspecified atom stereocenters. The largest absolute Gasteiger partial charge is 0.508 e. The molecule has 0 saturated heterocycles. The summed E-state index contributed by atoms with van der Waals surface area (Å²) in [7, 11) is 0. The molecule has 0 aromatic heterocycles. The second kappa shape index (κ2) is 7.25. The van der Waals surface area contributed by atoms with Gasteiger partial charge in [-0.15, -0.1) is 0 Å². The van der Waals surface area contributed by atoms with Crippen molar-refractivity contribution in [2.75, 3.05) is 6.61 Å². The zero-order chi connectivity index (χ0) is 11.8. The highest BCUT2D eigenvalue weighted by Gasteiger charge is 2.07. The fourth-order valence-electron chi connectivity index (χ4n) is 1.62. The van der Waals surface area contributed by atoms with Crippen molar-refractivity contribution in [2.24, 2.45) is 0 Å². The number of aliphatic hydroxyl groups is 1. The minimum Gasteiger partial charge on any atom is -0.508 e. The Labute approximate surface area is 97.1 Å². The Morgan fingerprint density at radius 3 is 2.69 bits per heavy atom. The molecule has 90 valence electrons. The zero-order valence-corrected chi connectivity index (χ0v) is 9.82. The van der Waals surface area contributed by atoms with E-state index < -0.39 is 0 Å². The molecule has 0 aliphatic heterocycles. The Bertz CT molecular complexity index is 302. The van der Waals surface area contributed by atoms with E-state index in [9.17, 15) is 10.2 Å². The van der Waals surface area contributed by atoms with Gasteiger partial charge in [-0.1, -0.05) is 38.0 Å². The lowest BCUT2D eigenvalue weighted by molar-refractivity contribution is 0.232. The van der Waals surface area contributed by atoms with Crippen molar-refractivity contribution in [2.45, 2.75) is 38.8 Å². The molecule has 0 aliphatic rings. The van der Waals surface area contributed by atoms with Crippen LogP contribution in [0.3, 0.4) is 0 Å².